The predicted octanol–water partition coefficient (Wildman–Crippen LogP) is 0.822. The zero-order chi connectivity index (χ0) is 13.0. The van der Waals surface area contributed by atoms with Gasteiger partial charge in [0.2, 0.25) is 0 Å². The van der Waals surface area contributed by atoms with E-state index in [1.807, 2.05) is 0 Å². The summed E-state index contributed by atoms with van der Waals surface area (Å²) in [6.45, 7) is 0. The second-order valence-electron chi connectivity index (χ2n) is 3.35. The Hall–Kier alpha value is -2.83. The van der Waals surface area contributed by atoms with Gasteiger partial charge in [0, 0.05) is 18.6 Å². The maximum Gasteiger partial charge on any atom is 0.337 e. The summed E-state index contributed by atoms with van der Waals surface area (Å²) in [7, 11) is 0. The Bertz CT molecular complexity index is 586. The minimum absolute atomic E-state index is 0.00267. The number of aromatic carboxylic acids is 1. The largest absolute Gasteiger partial charge is 0.478 e. The van der Waals surface area contributed by atoms with E-state index < -0.39 is 11.9 Å². The third-order valence-corrected chi connectivity index (χ3v) is 2.07. The lowest BCUT2D eigenvalue weighted by molar-refractivity contribution is 0.0696. The fraction of sp³-hybridized carbons (Fsp3) is 0. The normalized spacial score (nSPS) is 9.78. The number of aromatic nitrogens is 3. The van der Waals surface area contributed by atoms with Crippen molar-refractivity contribution in [1.82, 2.24) is 15.0 Å². The molecule has 0 saturated carbocycles. The molecule has 2 heterocycles. The molecule has 7 heteroatoms. The Morgan fingerprint density at radius 1 is 1.00 bits per heavy atom. The maximum absolute atomic E-state index is 11.7. The van der Waals surface area contributed by atoms with E-state index in [1.165, 1.54) is 37.2 Å². The molecule has 0 atom stereocenters. The van der Waals surface area contributed by atoms with Gasteiger partial charge >= 0.3 is 5.97 Å². The third kappa shape index (κ3) is 2.64. The molecule has 7 nitrogen and oxygen atoms in total. The quantitative estimate of drug-likeness (QED) is 0.828. The van der Waals surface area contributed by atoms with Crippen LogP contribution in [0.25, 0.3) is 0 Å². The van der Waals surface area contributed by atoms with Gasteiger partial charge in [-0.1, -0.05) is 0 Å². The van der Waals surface area contributed by atoms with Crippen molar-refractivity contribution in [2.24, 2.45) is 0 Å². The number of carboxylic acid groups (broad SMARTS) is 1. The van der Waals surface area contributed by atoms with Crippen LogP contribution >= 0.6 is 0 Å². The Labute approximate surface area is 102 Å². The highest BCUT2D eigenvalue weighted by atomic mass is 16.4. The number of nitrogens with one attached hydrogen (secondary N) is 1. The minimum atomic E-state index is -1.11. The molecule has 0 fully saturated rings. The average Bonchev–Trinajstić information content (AvgIpc) is 2.40. The van der Waals surface area contributed by atoms with Crippen molar-refractivity contribution in [3.63, 3.8) is 0 Å². The van der Waals surface area contributed by atoms with Gasteiger partial charge in [0.15, 0.2) is 0 Å². The standard InChI is InChI=1S/C11H8N4O3/c16-10(8-3-13-6-14-4-8)15-9-1-7(11(17)18)2-12-5-9/h1-6H,(H,15,16)(H,17,18). The van der Waals surface area contributed by atoms with E-state index in [1.54, 1.807) is 0 Å². The number of nitrogens with zero attached hydrogens (tertiary/aromatic N) is 3. The van der Waals surface area contributed by atoms with Gasteiger partial charge in [0.1, 0.15) is 6.33 Å². The summed E-state index contributed by atoms with van der Waals surface area (Å²) in [6, 6.07) is 1.32. The number of rotatable bonds is 3. The Morgan fingerprint density at radius 3 is 2.33 bits per heavy atom. The fourth-order valence-corrected chi connectivity index (χ4v) is 1.24. The number of carbonyl (C=O) groups is 2. The van der Waals surface area contributed by atoms with Crippen LogP contribution in [0.15, 0.2) is 37.2 Å². The molecule has 1 amide bonds. The highest BCUT2D eigenvalue weighted by Crippen LogP contribution is 2.09. The van der Waals surface area contributed by atoms with Crippen LogP contribution in [0.3, 0.4) is 0 Å². The first kappa shape index (κ1) is 11.6. The Kier molecular flexibility index (Phi) is 3.24. The smallest absolute Gasteiger partial charge is 0.337 e. The van der Waals surface area contributed by atoms with Crippen LogP contribution in [-0.4, -0.2) is 31.9 Å². The summed E-state index contributed by atoms with van der Waals surface area (Å²) in [6.07, 6.45) is 6.58. The van der Waals surface area contributed by atoms with Crippen molar-refractivity contribution in [3.8, 4) is 0 Å². The lowest BCUT2D eigenvalue weighted by Gasteiger charge is -2.04. The summed E-state index contributed by atoms with van der Waals surface area (Å²) in [4.78, 5) is 33.6. The highest BCUT2D eigenvalue weighted by Gasteiger charge is 2.09. The topological polar surface area (TPSA) is 105 Å². The van der Waals surface area contributed by atoms with Crippen LogP contribution in [-0.2, 0) is 0 Å². The highest BCUT2D eigenvalue weighted by molar-refractivity contribution is 6.04. The number of amides is 1. The summed E-state index contributed by atoms with van der Waals surface area (Å²) in [5, 5.41) is 11.3. The average molecular weight is 244 g/mol. The summed E-state index contributed by atoms with van der Waals surface area (Å²) >= 11 is 0. The molecular formula is C11H8N4O3. The van der Waals surface area contributed by atoms with E-state index >= 15 is 0 Å². The molecule has 2 N–H and O–H groups in total. The number of pyridine rings is 1. The van der Waals surface area contributed by atoms with Crippen LogP contribution in [0, 0.1) is 0 Å². The van der Waals surface area contributed by atoms with Crippen molar-refractivity contribution in [1.29, 1.82) is 0 Å². The number of hydrogen-bond acceptors (Lipinski definition) is 5. The van der Waals surface area contributed by atoms with Crippen LogP contribution in [0.2, 0.25) is 0 Å². The van der Waals surface area contributed by atoms with Crippen LogP contribution < -0.4 is 5.32 Å². The first-order chi connectivity index (χ1) is 8.66. The predicted molar refractivity (Wildman–Crippen MR) is 61.2 cm³/mol. The zero-order valence-electron chi connectivity index (χ0n) is 9.07. The maximum atomic E-state index is 11.7. The van der Waals surface area contributed by atoms with Gasteiger partial charge in [-0.2, -0.15) is 0 Å². The molecule has 90 valence electrons. The van der Waals surface area contributed by atoms with E-state index in [4.69, 9.17) is 5.11 Å². The molecule has 2 aromatic heterocycles. The molecule has 0 unspecified atom stereocenters. The molecule has 0 spiro atoms. The Morgan fingerprint density at radius 2 is 1.67 bits per heavy atom. The van der Waals surface area contributed by atoms with Gasteiger partial charge in [-0.15, -0.1) is 0 Å². The first-order valence-electron chi connectivity index (χ1n) is 4.91. The second kappa shape index (κ2) is 5.00. The molecule has 0 aliphatic carbocycles. The zero-order valence-corrected chi connectivity index (χ0v) is 9.07. The van der Waals surface area contributed by atoms with E-state index in [0.29, 0.717) is 5.69 Å². The first-order valence-corrected chi connectivity index (χ1v) is 4.91. The molecule has 2 rings (SSSR count). The molecular weight excluding hydrogens is 236 g/mol. The summed E-state index contributed by atoms with van der Waals surface area (Å²) < 4.78 is 0. The van der Waals surface area contributed by atoms with E-state index in [-0.39, 0.29) is 11.1 Å². The van der Waals surface area contributed by atoms with E-state index in [2.05, 4.69) is 20.3 Å². The number of carboxylic acids is 1. The van der Waals surface area contributed by atoms with Gasteiger partial charge in [-0.05, 0) is 6.07 Å². The SMILES string of the molecule is O=C(O)c1cncc(NC(=O)c2cncnc2)c1. The number of carbonyl (C=O) groups excluding carboxylic acids is 1. The van der Waals surface area contributed by atoms with Gasteiger partial charge < -0.3 is 10.4 Å². The monoisotopic (exact) mass is 244 g/mol. The lowest BCUT2D eigenvalue weighted by Crippen LogP contribution is -2.13. The summed E-state index contributed by atoms with van der Waals surface area (Å²) in [5.41, 5.74) is 0.569. The molecule has 0 aliphatic rings. The molecule has 0 bridgehead atoms. The van der Waals surface area contributed by atoms with Crippen molar-refractivity contribution in [2.75, 3.05) is 5.32 Å². The van der Waals surface area contributed by atoms with Crippen LogP contribution in [0.4, 0.5) is 5.69 Å². The van der Waals surface area contributed by atoms with Crippen molar-refractivity contribution >= 4 is 17.6 Å². The van der Waals surface area contributed by atoms with Gasteiger partial charge in [0.25, 0.3) is 5.91 Å². The second-order valence-corrected chi connectivity index (χ2v) is 3.35. The van der Waals surface area contributed by atoms with Gasteiger partial charge in [0.05, 0.1) is 23.0 Å². The molecule has 2 aromatic rings. The number of hydrogen-bond donors (Lipinski definition) is 2. The van der Waals surface area contributed by atoms with Crippen LogP contribution in [0.5, 0.6) is 0 Å². The minimum Gasteiger partial charge on any atom is -0.478 e. The summed E-state index contributed by atoms with van der Waals surface area (Å²) in [5.74, 6) is -1.54. The fourth-order valence-electron chi connectivity index (χ4n) is 1.24. The molecule has 0 aliphatic heterocycles. The Balaban J connectivity index is 2.17. The lowest BCUT2D eigenvalue weighted by atomic mass is 10.2. The van der Waals surface area contributed by atoms with Crippen molar-refractivity contribution in [3.05, 3.63) is 48.3 Å². The molecule has 18 heavy (non-hydrogen) atoms. The third-order valence-electron chi connectivity index (χ3n) is 2.07. The van der Waals surface area contributed by atoms with Gasteiger partial charge in [-0.3, -0.25) is 9.78 Å². The molecule has 0 saturated heterocycles. The van der Waals surface area contributed by atoms with Crippen molar-refractivity contribution < 1.29 is 14.7 Å². The molecule has 0 radical (unpaired) electrons. The van der Waals surface area contributed by atoms with Crippen LogP contribution in [0.1, 0.15) is 20.7 Å². The van der Waals surface area contributed by atoms with Gasteiger partial charge in [-0.25, -0.2) is 14.8 Å². The number of anilines is 1. The van der Waals surface area contributed by atoms with E-state index in [9.17, 15) is 9.59 Å². The van der Waals surface area contributed by atoms with E-state index in [0.717, 1.165) is 0 Å². The van der Waals surface area contributed by atoms with Crippen molar-refractivity contribution in [2.45, 2.75) is 0 Å². The molecule has 0 aromatic carbocycles.